The fourth-order valence-corrected chi connectivity index (χ4v) is 3.52. The number of piperazine rings is 1. The molecule has 0 atom stereocenters. The number of hydrogen-bond donors (Lipinski definition) is 2. The van der Waals surface area contributed by atoms with Crippen molar-refractivity contribution in [2.24, 2.45) is 0 Å². The van der Waals surface area contributed by atoms with Gasteiger partial charge < -0.3 is 15.5 Å². The Hall–Kier alpha value is -2.00. The normalized spacial score (nSPS) is 17.4. The maximum Gasteiger partial charge on any atom is 0.0405 e. The quantitative estimate of drug-likeness (QED) is 0.909. The second kappa shape index (κ2) is 6.01. The summed E-state index contributed by atoms with van der Waals surface area (Å²) in [7, 11) is 0. The fraction of sp³-hybridized carbons (Fsp3) is 0.368. The van der Waals surface area contributed by atoms with Crippen molar-refractivity contribution < 1.29 is 0 Å². The van der Waals surface area contributed by atoms with Gasteiger partial charge in [-0.05, 0) is 60.7 Å². The van der Waals surface area contributed by atoms with Crippen molar-refractivity contribution in [2.45, 2.75) is 19.3 Å². The molecule has 2 aliphatic rings. The molecule has 114 valence electrons. The van der Waals surface area contributed by atoms with E-state index in [0.717, 1.165) is 26.2 Å². The fourth-order valence-electron chi connectivity index (χ4n) is 3.52. The van der Waals surface area contributed by atoms with Crippen molar-refractivity contribution in [3.05, 3.63) is 53.6 Å². The van der Waals surface area contributed by atoms with E-state index in [2.05, 4.69) is 58.0 Å². The van der Waals surface area contributed by atoms with Crippen LogP contribution in [-0.4, -0.2) is 26.2 Å². The highest BCUT2D eigenvalue weighted by molar-refractivity contribution is 5.66. The minimum Gasteiger partial charge on any atom is -0.369 e. The topological polar surface area (TPSA) is 27.3 Å². The standard InChI is InChI=1S/C19H23N3/c1-3-15-7-8-18(13-16(15)4-1)21-17-5-2-6-19(14-17)22-11-9-20-10-12-22/h2,5-8,13-14,20-21H,1,3-4,9-12H2. The molecule has 1 aliphatic carbocycles. The number of fused-ring (bicyclic) bond motifs is 1. The third-order valence-corrected chi connectivity index (χ3v) is 4.72. The van der Waals surface area contributed by atoms with Gasteiger partial charge in [0.2, 0.25) is 0 Å². The van der Waals surface area contributed by atoms with Crippen LogP contribution in [0.25, 0.3) is 0 Å². The maximum atomic E-state index is 3.57. The van der Waals surface area contributed by atoms with E-state index in [-0.39, 0.29) is 0 Å². The molecule has 3 heteroatoms. The summed E-state index contributed by atoms with van der Waals surface area (Å²) in [5.41, 5.74) is 6.74. The first-order chi connectivity index (χ1) is 10.9. The summed E-state index contributed by atoms with van der Waals surface area (Å²) in [4.78, 5) is 2.45. The number of rotatable bonds is 3. The zero-order valence-corrected chi connectivity index (χ0v) is 12.9. The lowest BCUT2D eigenvalue weighted by molar-refractivity contribution is 0.589. The van der Waals surface area contributed by atoms with Crippen molar-refractivity contribution in [1.82, 2.24) is 5.32 Å². The van der Waals surface area contributed by atoms with Crippen LogP contribution in [0.3, 0.4) is 0 Å². The molecular weight excluding hydrogens is 270 g/mol. The summed E-state index contributed by atoms with van der Waals surface area (Å²) in [5, 5.41) is 6.98. The van der Waals surface area contributed by atoms with Gasteiger partial charge in [-0.15, -0.1) is 0 Å². The van der Waals surface area contributed by atoms with E-state index in [1.54, 1.807) is 0 Å². The van der Waals surface area contributed by atoms with Crippen molar-refractivity contribution in [2.75, 3.05) is 36.4 Å². The number of benzene rings is 2. The summed E-state index contributed by atoms with van der Waals surface area (Å²) in [6, 6.07) is 15.6. The molecule has 0 bridgehead atoms. The van der Waals surface area contributed by atoms with Crippen LogP contribution in [0.1, 0.15) is 17.5 Å². The van der Waals surface area contributed by atoms with Crippen LogP contribution in [0.2, 0.25) is 0 Å². The highest BCUT2D eigenvalue weighted by atomic mass is 15.2. The van der Waals surface area contributed by atoms with Gasteiger partial charge in [0.05, 0.1) is 0 Å². The molecule has 1 heterocycles. The smallest absolute Gasteiger partial charge is 0.0405 e. The molecule has 0 amide bonds. The van der Waals surface area contributed by atoms with Gasteiger partial charge in [-0.2, -0.15) is 0 Å². The van der Waals surface area contributed by atoms with Crippen LogP contribution in [0.5, 0.6) is 0 Å². The van der Waals surface area contributed by atoms with Crippen LogP contribution in [0.4, 0.5) is 17.1 Å². The molecule has 0 spiro atoms. The molecule has 2 N–H and O–H groups in total. The Morgan fingerprint density at radius 3 is 2.59 bits per heavy atom. The highest BCUT2D eigenvalue weighted by Crippen LogP contribution is 2.28. The van der Waals surface area contributed by atoms with Gasteiger partial charge in [0.25, 0.3) is 0 Å². The number of hydrogen-bond acceptors (Lipinski definition) is 3. The lowest BCUT2D eigenvalue weighted by atomic mass is 10.1. The number of aryl methyl sites for hydroxylation is 2. The van der Waals surface area contributed by atoms with Gasteiger partial charge in [-0.25, -0.2) is 0 Å². The van der Waals surface area contributed by atoms with E-state index >= 15 is 0 Å². The lowest BCUT2D eigenvalue weighted by Gasteiger charge is -2.29. The first-order valence-corrected chi connectivity index (χ1v) is 8.33. The van der Waals surface area contributed by atoms with Gasteiger partial charge >= 0.3 is 0 Å². The van der Waals surface area contributed by atoms with Gasteiger partial charge in [0.15, 0.2) is 0 Å². The highest BCUT2D eigenvalue weighted by Gasteiger charge is 2.12. The van der Waals surface area contributed by atoms with E-state index in [0.29, 0.717) is 0 Å². The van der Waals surface area contributed by atoms with E-state index in [9.17, 15) is 0 Å². The van der Waals surface area contributed by atoms with Crippen molar-refractivity contribution in [3.8, 4) is 0 Å². The molecule has 0 unspecified atom stereocenters. The molecular formula is C19H23N3. The van der Waals surface area contributed by atoms with E-state index < -0.39 is 0 Å². The maximum absolute atomic E-state index is 3.57. The molecule has 0 saturated carbocycles. The van der Waals surface area contributed by atoms with Crippen LogP contribution < -0.4 is 15.5 Å². The van der Waals surface area contributed by atoms with Gasteiger partial charge in [0.1, 0.15) is 0 Å². The van der Waals surface area contributed by atoms with Gasteiger partial charge in [-0.1, -0.05) is 12.1 Å². The summed E-state index contributed by atoms with van der Waals surface area (Å²) in [6.07, 6.45) is 3.77. The summed E-state index contributed by atoms with van der Waals surface area (Å²) in [6.45, 7) is 4.32. The first-order valence-electron chi connectivity index (χ1n) is 8.33. The van der Waals surface area contributed by atoms with E-state index in [1.807, 2.05) is 0 Å². The molecule has 0 radical (unpaired) electrons. The Morgan fingerprint density at radius 1 is 0.864 bits per heavy atom. The predicted octanol–water partition coefficient (Wildman–Crippen LogP) is 3.33. The number of nitrogens with one attached hydrogen (secondary N) is 2. The number of anilines is 3. The van der Waals surface area contributed by atoms with Crippen molar-refractivity contribution in [1.29, 1.82) is 0 Å². The SMILES string of the molecule is c1cc(Nc2ccc3c(c2)CCC3)cc(N2CCNCC2)c1. The van der Waals surface area contributed by atoms with Crippen LogP contribution in [-0.2, 0) is 12.8 Å². The Kier molecular flexibility index (Phi) is 3.73. The summed E-state index contributed by atoms with van der Waals surface area (Å²) < 4.78 is 0. The third kappa shape index (κ3) is 2.81. The van der Waals surface area contributed by atoms with Crippen LogP contribution in [0, 0.1) is 0 Å². The zero-order chi connectivity index (χ0) is 14.8. The van der Waals surface area contributed by atoms with E-state index in [1.165, 1.54) is 47.5 Å². The van der Waals surface area contributed by atoms with Crippen LogP contribution in [0.15, 0.2) is 42.5 Å². The Labute approximate surface area is 132 Å². The second-order valence-corrected chi connectivity index (χ2v) is 6.25. The Morgan fingerprint density at radius 2 is 1.68 bits per heavy atom. The third-order valence-electron chi connectivity index (χ3n) is 4.72. The lowest BCUT2D eigenvalue weighted by Crippen LogP contribution is -2.43. The second-order valence-electron chi connectivity index (χ2n) is 6.25. The summed E-state index contributed by atoms with van der Waals surface area (Å²) >= 11 is 0. The minimum absolute atomic E-state index is 1.07. The molecule has 1 saturated heterocycles. The molecule has 3 nitrogen and oxygen atoms in total. The molecule has 2 aromatic rings. The molecule has 0 aromatic heterocycles. The van der Waals surface area contributed by atoms with E-state index in [4.69, 9.17) is 0 Å². The number of nitrogens with zero attached hydrogens (tertiary/aromatic N) is 1. The minimum atomic E-state index is 1.07. The monoisotopic (exact) mass is 293 g/mol. The zero-order valence-electron chi connectivity index (χ0n) is 12.9. The molecule has 1 fully saturated rings. The Bertz CT molecular complexity index is 659. The molecule has 4 rings (SSSR count). The molecule has 2 aromatic carbocycles. The van der Waals surface area contributed by atoms with Gasteiger partial charge in [0, 0.05) is 43.2 Å². The van der Waals surface area contributed by atoms with Crippen molar-refractivity contribution >= 4 is 17.1 Å². The summed E-state index contributed by atoms with van der Waals surface area (Å²) in [5.74, 6) is 0. The first kappa shape index (κ1) is 13.6. The van der Waals surface area contributed by atoms with Crippen molar-refractivity contribution in [3.63, 3.8) is 0 Å². The molecule has 22 heavy (non-hydrogen) atoms. The Balaban J connectivity index is 1.53. The van der Waals surface area contributed by atoms with Crippen LogP contribution >= 0.6 is 0 Å². The predicted molar refractivity (Wildman–Crippen MR) is 93.3 cm³/mol. The van der Waals surface area contributed by atoms with Gasteiger partial charge in [-0.3, -0.25) is 0 Å². The molecule has 1 aliphatic heterocycles. The average Bonchev–Trinajstić information content (AvgIpc) is 3.04. The largest absolute Gasteiger partial charge is 0.369 e. The average molecular weight is 293 g/mol.